The third kappa shape index (κ3) is 1.84. The number of fused-ring (bicyclic) bond motifs is 1. The van der Waals surface area contributed by atoms with Crippen LogP contribution in [0.15, 0.2) is 6.20 Å². The topological polar surface area (TPSA) is 33.1 Å². The van der Waals surface area contributed by atoms with Gasteiger partial charge in [0.15, 0.2) is 0 Å². The number of nitrogens with one attached hydrogen (secondary N) is 1. The van der Waals surface area contributed by atoms with Crippen LogP contribution in [0.5, 0.6) is 0 Å². The molecular weight excluding hydrogens is 212 g/mol. The van der Waals surface area contributed by atoms with Crippen molar-refractivity contribution in [3.8, 4) is 0 Å². The summed E-state index contributed by atoms with van der Waals surface area (Å²) in [4.78, 5) is 7.19. The maximum absolute atomic E-state index is 4.71. The Bertz CT molecular complexity index is 398. The molecule has 0 aromatic carbocycles. The normalized spacial score (nSPS) is 28.1. The van der Waals surface area contributed by atoms with Gasteiger partial charge in [0.05, 0.1) is 5.69 Å². The largest absolute Gasteiger partial charge is 0.342 e. The van der Waals surface area contributed by atoms with Gasteiger partial charge in [0.25, 0.3) is 0 Å². The van der Waals surface area contributed by atoms with Crippen molar-refractivity contribution in [3.05, 3.63) is 11.9 Å². The fourth-order valence-electron chi connectivity index (χ4n) is 3.14. The molecule has 0 aliphatic carbocycles. The molecule has 2 atom stereocenters. The van der Waals surface area contributed by atoms with E-state index in [2.05, 4.69) is 41.8 Å². The minimum absolute atomic E-state index is 0.491. The molecule has 1 N–H and O–H groups in total. The second kappa shape index (κ2) is 4.02. The summed E-state index contributed by atoms with van der Waals surface area (Å²) < 4.78 is 2.31. The Morgan fingerprint density at radius 2 is 1.94 bits per heavy atom. The average Bonchev–Trinajstić information content (AvgIpc) is 2.87. The number of anilines is 1. The molecule has 2 fully saturated rings. The van der Waals surface area contributed by atoms with Crippen molar-refractivity contribution in [2.75, 3.05) is 31.1 Å². The summed E-state index contributed by atoms with van der Waals surface area (Å²) in [6.45, 7) is 11.2. The van der Waals surface area contributed by atoms with Gasteiger partial charge >= 0.3 is 0 Å². The lowest BCUT2D eigenvalue weighted by Gasteiger charge is -2.21. The van der Waals surface area contributed by atoms with Crippen LogP contribution in [0.4, 0.5) is 5.95 Å². The highest BCUT2D eigenvalue weighted by Gasteiger charge is 2.37. The molecular formula is C13H22N4. The van der Waals surface area contributed by atoms with Gasteiger partial charge in [-0.3, -0.25) is 0 Å². The predicted molar refractivity (Wildman–Crippen MR) is 69.4 cm³/mol. The fraction of sp³-hybridized carbons (Fsp3) is 0.769. The van der Waals surface area contributed by atoms with Crippen molar-refractivity contribution in [3.63, 3.8) is 0 Å². The molecule has 1 aromatic heterocycles. The molecule has 0 radical (unpaired) electrons. The van der Waals surface area contributed by atoms with Gasteiger partial charge < -0.3 is 14.8 Å². The van der Waals surface area contributed by atoms with Crippen LogP contribution < -0.4 is 10.2 Å². The molecule has 2 aliphatic rings. The van der Waals surface area contributed by atoms with E-state index in [1.54, 1.807) is 0 Å². The molecule has 94 valence electrons. The standard InChI is InChI=1S/C13H22N4/c1-9(2)17-6-10(3)15-13(17)16-7-11-4-14-5-12(11)8-16/h6,9,11-12,14H,4-5,7-8H2,1-3H3. The number of hydrogen-bond acceptors (Lipinski definition) is 3. The van der Waals surface area contributed by atoms with Gasteiger partial charge in [0.1, 0.15) is 0 Å². The van der Waals surface area contributed by atoms with E-state index >= 15 is 0 Å². The fourth-order valence-corrected chi connectivity index (χ4v) is 3.14. The molecule has 17 heavy (non-hydrogen) atoms. The Balaban J connectivity index is 1.85. The Morgan fingerprint density at radius 3 is 2.53 bits per heavy atom. The summed E-state index contributed by atoms with van der Waals surface area (Å²) >= 11 is 0. The maximum atomic E-state index is 4.71. The Hall–Kier alpha value is -1.03. The maximum Gasteiger partial charge on any atom is 0.205 e. The molecule has 4 heteroatoms. The Kier molecular flexibility index (Phi) is 2.62. The van der Waals surface area contributed by atoms with Crippen molar-refractivity contribution < 1.29 is 0 Å². The molecule has 0 spiro atoms. The molecule has 2 saturated heterocycles. The van der Waals surface area contributed by atoms with Crippen molar-refractivity contribution in [1.82, 2.24) is 14.9 Å². The number of rotatable bonds is 2. The summed E-state index contributed by atoms with van der Waals surface area (Å²) in [6, 6.07) is 0.491. The SMILES string of the molecule is Cc1cn(C(C)C)c(N2CC3CNCC3C2)n1. The zero-order valence-electron chi connectivity index (χ0n) is 11.0. The van der Waals surface area contributed by atoms with Crippen molar-refractivity contribution in [2.45, 2.75) is 26.8 Å². The summed E-state index contributed by atoms with van der Waals surface area (Å²) in [5.74, 6) is 2.83. The first-order valence-corrected chi connectivity index (χ1v) is 6.66. The molecule has 3 rings (SSSR count). The van der Waals surface area contributed by atoms with Crippen LogP contribution in [0, 0.1) is 18.8 Å². The second-order valence-electron chi connectivity index (χ2n) is 5.77. The quantitative estimate of drug-likeness (QED) is 0.840. The van der Waals surface area contributed by atoms with Gasteiger partial charge in [-0.1, -0.05) is 0 Å². The van der Waals surface area contributed by atoms with Crippen LogP contribution in [-0.2, 0) is 0 Å². The molecule has 4 nitrogen and oxygen atoms in total. The van der Waals surface area contributed by atoms with Crippen LogP contribution in [0.25, 0.3) is 0 Å². The Labute approximate surface area is 103 Å². The third-order valence-corrected chi connectivity index (χ3v) is 4.06. The van der Waals surface area contributed by atoms with E-state index in [0.29, 0.717) is 6.04 Å². The van der Waals surface area contributed by atoms with E-state index in [9.17, 15) is 0 Å². The van der Waals surface area contributed by atoms with Gasteiger partial charge in [-0.15, -0.1) is 0 Å². The van der Waals surface area contributed by atoms with Gasteiger partial charge in [0.2, 0.25) is 5.95 Å². The lowest BCUT2D eigenvalue weighted by atomic mass is 10.0. The monoisotopic (exact) mass is 234 g/mol. The minimum Gasteiger partial charge on any atom is -0.342 e. The number of nitrogens with zero attached hydrogens (tertiary/aromatic N) is 3. The van der Waals surface area contributed by atoms with E-state index in [-0.39, 0.29) is 0 Å². The van der Waals surface area contributed by atoms with Crippen molar-refractivity contribution in [2.24, 2.45) is 11.8 Å². The van der Waals surface area contributed by atoms with E-state index in [1.807, 2.05) is 0 Å². The Morgan fingerprint density at radius 1 is 1.29 bits per heavy atom. The average molecular weight is 234 g/mol. The lowest BCUT2D eigenvalue weighted by Crippen LogP contribution is -2.28. The molecule has 0 bridgehead atoms. The van der Waals surface area contributed by atoms with Crippen LogP contribution >= 0.6 is 0 Å². The summed E-state index contributed by atoms with van der Waals surface area (Å²) in [5.41, 5.74) is 1.13. The highest BCUT2D eigenvalue weighted by Crippen LogP contribution is 2.31. The predicted octanol–water partition coefficient (Wildman–Crippen LogP) is 1.43. The van der Waals surface area contributed by atoms with E-state index < -0.39 is 0 Å². The van der Waals surface area contributed by atoms with E-state index in [4.69, 9.17) is 4.98 Å². The second-order valence-corrected chi connectivity index (χ2v) is 5.77. The van der Waals surface area contributed by atoms with Crippen LogP contribution in [-0.4, -0.2) is 35.7 Å². The lowest BCUT2D eigenvalue weighted by molar-refractivity contribution is 0.533. The minimum atomic E-state index is 0.491. The van der Waals surface area contributed by atoms with Crippen LogP contribution in [0.1, 0.15) is 25.6 Å². The first-order chi connectivity index (χ1) is 8.15. The summed E-state index contributed by atoms with van der Waals surface area (Å²) in [6.07, 6.45) is 2.17. The first-order valence-electron chi connectivity index (χ1n) is 6.66. The highest BCUT2D eigenvalue weighted by atomic mass is 15.3. The number of imidazole rings is 1. The smallest absolute Gasteiger partial charge is 0.205 e. The summed E-state index contributed by atoms with van der Waals surface area (Å²) in [7, 11) is 0. The number of aromatic nitrogens is 2. The zero-order chi connectivity index (χ0) is 12.0. The summed E-state index contributed by atoms with van der Waals surface area (Å²) in [5, 5.41) is 3.48. The van der Waals surface area contributed by atoms with E-state index in [1.165, 1.54) is 32.1 Å². The molecule has 0 amide bonds. The molecule has 2 aliphatic heterocycles. The van der Waals surface area contributed by atoms with Crippen molar-refractivity contribution in [1.29, 1.82) is 0 Å². The molecule has 0 saturated carbocycles. The zero-order valence-corrected chi connectivity index (χ0v) is 11.0. The van der Waals surface area contributed by atoms with Crippen molar-refractivity contribution >= 4 is 5.95 Å². The van der Waals surface area contributed by atoms with Gasteiger partial charge in [-0.25, -0.2) is 4.98 Å². The van der Waals surface area contributed by atoms with Crippen LogP contribution in [0.3, 0.4) is 0 Å². The molecule has 2 unspecified atom stereocenters. The number of hydrogen-bond donors (Lipinski definition) is 1. The number of aryl methyl sites for hydroxylation is 1. The van der Waals surface area contributed by atoms with Gasteiger partial charge in [-0.05, 0) is 32.6 Å². The van der Waals surface area contributed by atoms with Crippen LogP contribution in [0.2, 0.25) is 0 Å². The first kappa shape index (κ1) is 11.1. The molecule has 1 aromatic rings. The highest BCUT2D eigenvalue weighted by molar-refractivity contribution is 5.36. The van der Waals surface area contributed by atoms with Gasteiger partial charge in [0, 0.05) is 38.4 Å². The third-order valence-electron chi connectivity index (χ3n) is 4.06. The van der Waals surface area contributed by atoms with E-state index in [0.717, 1.165) is 17.5 Å². The van der Waals surface area contributed by atoms with Gasteiger partial charge in [-0.2, -0.15) is 0 Å². The molecule has 3 heterocycles.